The van der Waals surface area contributed by atoms with Crippen LogP contribution in [0.1, 0.15) is 24.0 Å². The van der Waals surface area contributed by atoms with Crippen LogP contribution >= 0.6 is 0 Å². The third kappa shape index (κ3) is 1.39. The average Bonchev–Trinajstić information content (AvgIpc) is 2.49. The zero-order valence-corrected chi connectivity index (χ0v) is 8.91. The van der Waals surface area contributed by atoms with Crippen LogP contribution in [-0.2, 0) is 6.42 Å². The number of nitrogens with zero attached hydrogens (tertiary/aromatic N) is 3. The first-order chi connectivity index (χ1) is 6.72. The Labute approximate surface area is 84.5 Å². The minimum absolute atomic E-state index is 0.852. The van der Waals surface area contributed by atoms with Gasteiger partial charge in [-0.15, -0.1) is 0 Å². The number of allylic oxidation sites excluding steroid dienone is 1. The van der Waals surface area contributed by atoms with E-state index in [1.54, 1.807) is 0 Å². The highest BCUT2D eigenvalue weighted by Crippen LogP contribution is 2.27. The van der Waals surface area contributed by atoms with Crippen molar-refractivity contribution in [3.8, 4) is 0 Å². The van der Waals surface area contributed by atoms with Gasteiger partial charge in [-0.2, -0.15) is 0 Å². The second kappa shape index (κ2) is 3.40. The van der Waals surface area contributed by atoms with Gasteiger partial charge in [0.05, 0.1) is 5.69 Å². The smallest absolute Gasteiger partial charge is 0.135 e. The lowest BCUT2D eigenvalue weighted by molar-refractivity contribution is 0.941. The molecule has 0 atom stereocenters. The molecule has 3 heteroatoms. The van der Waals surface area contributed by atoms with Crippen LogP contribution in [0.25, 0.3) is 6.08 Å². The van der Waals surface area contributed by atoms with E-state index in [4.69, 9.17) is 0 Å². The first-order valence-corrected chi connectivity index (χ1v) is 4.93. The predicted molar refractivity (Wildman–Crippen MR) is 58.5 cm³/mol. The van der Waals surface area contributed by atoms with Gasteiger partial charge in [-0.25, -0.2) is 9.97 Å². The van der Waals surface area contributed by atoms with Gasteiger partial charge in [0.15, 0.2) is 0 Å². The summed E-state index contributed by atoms with van der Waals surface area (Å²) < 4.78 is 0. The topological polar surface area (TPSA) is 29.0 Å². The zero-order chi connectivity index (χ0) is 10.1. The Kier molecular flexibility index (Phi) is 2.23. The number of fused-ring (bicyclic) bond motifs is 1. The van der Waals surface area contributed by atoms with Crippen LogP contribution < -0.4 is 4.90 Å². The summed E-state index contributed by atoms with van der Waals surface area (Å²) >= 11 is 0. The molecule has 1 aromatic rings. The second-order valence-electron chi connectivity index (χ2n) is 3.63. The molecule has 0 radical (unpaired) electrons. The number of likely N-dealkylation sites (N-methyl/N-ethyl adjacent to an activating group) is 1. The molecule has 2 rings (SSSR count). The Balaban J connectivity index is 2.57. The van der Waals surface area contributed by atoms with Crippen molar-refractivity contribution >= 4 is 11.9 Å². The molecule has 0 aliphatic carbocycles. The second-order valence-corrected chi connectivity index (χ2v) is 3.63. The summed E-state index contributed by atoms with van der Waals surface area (Å²) in [7, 11) is 2.08. The summed E-state index contributed by atoms with van der Waals surface area (Å²) in [5, 5.41) is 0. The predicted octanol–water partition coefficient (Wildman–Crippen LogP) is 1.81. The lowest BCUT2D eigenvalue weighted by atomic mass is 10.1. The molecule has 0 saturated heterocycles. The molecule has 0 bridgehead atoms. The molecule has 3 nitrogen and oxygen atoms in total. The quantitative estimate of drug-likeness (QED) is 0.674. The van der Waals surface area contributed by atoms with Crippen LogP contribution in [0.2, 0.25) is 0 Å². The molecular weight excluding hydrogens is 174 g/mol. The Morgan fingerprint density at radius 3 is 2.86 bits per heavy atom. The standard InChI is InChI=1S/C11H15N3/c1-4-5-10-9-6-7-14(3)11(9)13-8(2)12-10/h4-5H,6-7H2,1-3H3/b5-4+. The van der Waals surface area contributed by atoms with E-state index in [0.717, 1.165) is 30.3 Å². The van der Waals surface area contributed by atoms with Crippen molar-refractivity contribution in [1.82, 2.24) is 9.97 Å². The van der Waals surface area contributed by atoms with E-state index < -0.39 is 0 Å². The molecule has 0 fully saturated rings. The molecular formula is C11H15N3. The summed E-state index contributed by atoms with van der Waals surface area (Å²) in [6.07, 6.45) is 5.15. The summed E-state index contributed by atoms with van der Waals surface area (Å²) in [6, 6.07) is 0. The fourth-order valence-corrected chi connectivity index (χ4v) is 1.84. The van der Waals surface area contributed by atoms with E-state index in [2.05, 4.69) is 28.0 Å². The SMILES string of the molecule is C/C=C/c1nc(C)nc2c1CCN2C. The van der Waals surface area contributed by atoms with Crippen LogP contribution in [0.5, 0.6) is 0 Å². The number of rotatable bonds is 1. The highest BCUT2D eigenvalue weighted by molar-refractivity contribution is 5.61. The van der Waals surface area contributed by atoms with Crippen LogP contribution in [0.4, 0.5) is 5.82 Å². The molecule has 0 amide bonds. The molecule has 74 valence electrons. The van der Waals surface area contributed by atoms with Crippen molar-refractivity contribution < 1.29 is 0 Å². The third-order valence-electron chi connectivity index (χ3n) is 2.51. The number of hydrogen-bond donors (Lipinski definition) is 0. The lowest BCUT2D eigenvalue weighted by Crippen LogP contribution is -2.14. The highest BCUT2D eigenvalue weighted by Gasteiger charge is 2.20. The third-order valence-corrected chi connectivity index (χ3v) is 2.51. The maximum Gasteiger partial charge on any atom is 0.135 e. The Morgan fingerprint density at radius 1 is 1.36 bits per heavy atom. The molecule has 0 unspecified atom stereocenters. The molecule has 14 heavy (non-hydrogen) atoms. The Bertz CT molecular complexity index is 382. The maximum absolute atomic E-state index is 4.46. The molecule has 1 aliphatic rings. The average molecular weight is 189 g/mol. The van der Waals surface area contributed by atoms with Gasteiger partial charge in [-0.1, -0.05) is 6.08 Å². The highest BCUT2D eigenvalue weighted by atomic mass is 15.2. The number of anilines is 1. The van der Waals surface area contributed by atoms with E-state index in [0.29, 0.717) is 0 Å². The maximum atomic E-state index is 4.46. The fraction of sp³-hybridized carbons (Fsp3) is 0.455. The summed E-state index contributed by atoms with van der Waals surface area (Å²) in [5.74, 6) is 1.95. The van der Waals surface area contributed by atoms with Gasteiger partial charge < -0.3 is 4.90 Å². The molecule has 0 saturated carbocycles. The van der Waals surface area contributed by atoms with Gasteiger partial charge in [0.1, 0.15) is 11.6 Å². The van der Waals surface area contributed by atoms with Crippen LogP contribution in [0, 0.1) is 6.92 Å². The summed E-state index contributed by atoms with van der Waals surface area (Å²) in [4.78, 5) is 11.1. The minimum Gasteiger partial charge on any atom is -0.359 e. The van der Waals surface area contributed by atoms with E-state index in [9.17, 15) is 0 Å². The summed E-state index contributed by atoms with van der Waals surface area (Å²) in [6.45, 7) is 5.01. The molecule has 2 heterocycles. The molecule has 1 aliphatic heterocycles. The number of aryl methyl sites for hydroxylation is 1. The van der Waals surface area contributed by atoms with Gasteiger partial charge in [0.25, 0.3) is 0 Å². The van der Waals surface area contributed by atoms with Crippen LogP contribution in [0.15, 0.2) is 6.08 Å². The zero-order valence-electron chi connectivity index (χ0n) is 8.91. The van der Waals surface area contributed by atoms with Crippen molar-refractivity contribution in [2.75, 3.05) is 18.5 Å². The fourth-order valence-electron chi connectivity index (χ4n) is 1.84. The van der Waals surface area contributed by atoms with Crippen molar-refractivity contribution in [3.63, 3.8) is 0 Å². The van der Waals surface area contributed by atoms with E-state index in [-0.39, 0.29) is 0 Å². The van der Waals surface area contributed by atoms with Crippen molar-refractivity contribution in [2.24, 2.45) is 0 Å². The normalized spacial score (nSPS) is 15.2. The molecule has 1 aromatic heterocycles. The van der Waals surface area contributed by atoms with Crippen LogP contribution in [0.3, 0.4) is 0 Å². The summed E-state index contributed by atoms with van der Waals surface area (Å²) in [5.41, 5.74) is 2.37. The molecule has 0 aromatic carbocycles. The van der Waals surface area contributed by atoms with Crippen molar-refractivity contribution in [1.29, 1.82) is 0 Å². The van der Waals surface area contributed by atoms with E-state index >= 15 is 0 Å². The van der Waals surface area contributed by atoms with Gasteiger partial charge in [0.2, 0.25) is 0 Å². The monoisotopic (exact) mass is 189 g/mol. The Hall–Kier alpha value is -1.38. The van der Waals surface area contributed by atoms with E-state index in [1.165, 1.54) is 5.56 Å². The number of hydrogen-bond acceptors (Lipinski definition) is 3. The lowest BCUT2D eigenvalue weighted by Gasteiger charge is -2.11. The first-order valence-electron chi connectivity index (χ1n) is 4.93. The number of aromatic nitrogens is 2. The van der Waals surface area contributed by atoms with Crippen LogP contribution in [-0.4, -0.2) is 23.6 Å². The largest absolute Gasteiger partial charge is 0.359 e. The van der Waals surface area contributed by atoms with Gasteiger partial charge in [-0.3, -0.25) is 0 Å². The van der Waals surface area contributed by atoms with Crippen molar-refractivity contribution in [3.05, 3.63) is 23.2 Å². The van der Waals surface area contributed by atoms with Gasteiger partial charge in [0, 0.05) is 19.2 Å². The minimum atomic E-state index is 0.852. The van der Waals surface area contributed by atoms with Crippen molar-refractivity contribution in [2.45, 2.75) is 20.3 Å². The van der Waals surface area contributed by atoms with Gasteiger partial charge >= 0.3 is 0 Å². The first kappa shape index (κ1) is 9.19. The van der Waals surface area contributed by atoms with Gasteiger partial charge in [-0.05, 0) is 26.3 Å². The molecule has 0 N–H and O–H groups in total. The van der Waals surface area contributed by atoms with E-state index in [1.807, 2.05) is 19.9 Å². The molecule has 0 spiro atoms. The Morgan fingerprint density at radius 2 is 2.14 bits per heavy atom.